The maximum Gasteiger partial charge on any atom is 0.407 e. The average molecular weight is 342 g/mol. The number of hydrogen-bond acceptors (Lipinski definition) is 4. The highest BCUT2D eigenvalue weighted by Gasteiger charge is 2.15. The number of benzene rings is 2. The molecule has 2 rings (SSSR count). The third-order valence-electron chi connectivity index (χ3n) is 3.16. The maximum atomic E-state index is 12.2. The van der Waals surface area contributed by atoms with Crippen molar-refractivity contribution in [2.75, 3.05) is 5.32 Å². The first-order valence-corrected chi connectivity index (χ1v) is 7.89. The second-order valence-electron chi connectivity index (χ2n) is 6.56. The number of aromatic hydroxyl groups is 1. The van der Waals surface area contributed by atoms with Gasteiger partial charge in [0.05, 0.1) is 0 Å². The molecule has 0 aliphatic carbocycles. The third kappa shape index (κ3) is 6.18. The highest BCUT2D eigenvalue weighted by molar-refractivity contribution is 6.04. The minimum Gasteiger partial charge on any atom is -0.508 e. The van der Waals surface area contributed by atoms with Crippen LogP contribution in [0, 0.1) is 0 Å². The Hall–Kier alpha value is -3.02. The van der Waals surface area contributed by atoms with E-state index < -0.39 is 11.7 Å². The van der Waals surface area contributed by atoms with Gasteiger partial charge in [0.2, 0.25) is 0 Å². The van der Waals surface area contributed by atoms with E-state index >= 15 is 0 Å². The van der Waals surface area contributed by atoms with Gasteiger partial charge in [-0.1, -0.05) is 18.2 Å². The summed E-state index contributed by atoms with van der Waals surface area (Å²) < 4.78 is 5.16. The topological polar surface area (TPSA) is 87.7 Å². The molecule has 132 valence electrons. The molecular weight excluding hydrogens is 320 g/mol. The molecule has 0 atom stereocenters. The first-order chi connectivity index (χ1) is 11.7. The van der Waals surface area contributed by atoms with Crippen LogP contribution in [0.4, 0.5) is 10.5 Å². The van der Waals surface area contributed by atoms with E-state index in [1.807, 2.05) is 0 Å². The molecule has 6 heteroatoms. The molecule has 0 unspecified atom stereocenters. The fraction of sp³-hybridized carbons (Fsp3) is 0.263. The van der Waals surface area contributed by atoms with Crippen LogP contribution in [0.2, 0.25) is 0 Å². The second-order valence-corrected chi connectivity index (χ2v) is 6.56. The predicted molar refractivity (Wildman–Crippen MR) is 95.6 cm³/mol. The van der Waals surface area contributed by atoms with Gasteiger partial charge in [-0.05, 0) is 50.6 Å². The molecule has 0 aromatic heterocycles. The summed E-state index contributed by atoms with van der Waals surface area (Å²) in [4.78, 5) is 23.8. The molecule has 0 saturated heterocycles. The van der Waals surface area contributed by atoms with Crippen LogP contribution in [-0.2, 0) is 11.3 Å². The number of carbonyl (C=O) groups is 2. The summed E-state index contributed by atoms with van der Waals surface area (Å²) >= 11 is 0. The van der Waals surface area contributed by atoms with Crippen molar-refractivity contribution in [2.24, 2.45) is 0 Å². The fourth-order valence-corrected chi connectivity index (χ4v) is 2.05. The molecule has 2 amide bonds. The highest BCUT2D eigenvalue weighted by atomic mass is 16.6. The largest absolute Gasteiger partial charge is 0.508 e. The molecule has 3 N–H and O–H groups in total. The van der Waals surface area contributed by atoms with E-state index in [1.165, 1.54) is 12.1 Å². The lowest BCUT2D eigenvalue weighted by molar-refractivity contribution is 0.0523. The summed E-state index contributed by atoms with van der Waals surface area (Å²) in [5, 5.41) is 14.8. The lowest BCUT2D eigenvalue weighted by atomic mass is 10.1. The molecule has 0 saturated carbocycles. The normalized spacial score (nSPS) is 10.8. The second kappa shape index (κ2) is 7.70. The van der Waals surface area contributed by atoms with Crippen molar-refractivity contribution in [1.29, 1.82) is 0 Å². The lowest BCUT2D eigenvalue weighted by Gasteiger charge is -2.19. The fourth-order valence-electron chi connectivity index (χ4n) is 2.05. The SMILES string of the molecule is CC(C)(C)OC(=O)NCc1ccc(C(=O)Nc2cccc(O)c2)cc1. The molecular formula is C19H22N2O4. The van der Waals surface area contributed by atoms with E-state index in [0.29, 0.717) is 17.8 Å². The van der Waals surface area contributed by atoms with Gasteiger partial charge >= 0.3 is 6.09 Å². The van der Waals surface area contributed by atoms with E-state index in [0.717, 1.165) is 5.56 Å². The van der Waals surface area contributed by atoms with E-state index in [4.69, 9.17) is 4.74 Å². The quantitative estimate of drug-likeness (QED) is 0.791. The van der Waals surface area contributed by atoms with Gasteiger partial charge in [-0.3, -0.25) is 4.79 Å². The Morgan fingerprint density at radius 1 is 1.08 bits per heavy atom. The van der Waals surface area contributed by atoms with Crippen molar-refractivity contribution in [1.82, 2.24) is 5.32 Å². The zero-order valence-electron chi connectivity index (χ0n) is 14.5. The highest BCUT2D eigenvalue weighted by Crippen LogP contribution is 2.16. The summed E-state index contributed by atoms with van der Waals surface area (Å²) in [7, 11) is 0. The number of phenolic OH excluding ortho intramolecular Hbond substituents is 1. The molecule has 0 aliphatic rings. The van der Waals surface area contributed by atoms with Crippen molar-refractivity contribution >= 4 is 17.7 Å². The van der Waals surface area contributed by atoms with Gasteiger partial charge in [0.25, 0.3) is 5.91 Å². The number of hydrogen-bond donors (Lipinski definition) is 3. The van der Waals surface area contributed by atoms with Crippen molar-refractivity contribution < 1.29 is 19.4 Å². The minimum absolute atomic E-state index is 0.0846. The van der Waals surface area contributed by atoms with E-state index in [2.05, 4.69) is 10.6 Å². The first kappa shape index (κ1) is 18.3. The summed E-state index contributed by atoms with van der Waals surface area (Å²) in [6, 6.07) is 13.2. The van der Waals surface area contributed by atoms with Gasteiger partial charge in [-0.2, -0.15) is 0 Å². The van der Waals surface area contributed by atoms with Gasteiger partial charge in [0.1, 0.15) is 11.4 Å². The Bertz CT molecular complexity index is 749. The summed E-state index contributed by atoms with van der Waals surface area (Å²) in [6.45, 7) is 5.70. The van der Waals surface area contributed by atoms with E-state index in [1.54, 1.807) is 57.2 Å². The van der Waals surface area contributed by atoms with Crippen molar-refractivity contribution in [3.8, 4) is 5.75 Å². The number of nitrogens with one attached hydrogen (secondary N) is 2. The molecule has 0 radical (unpaired) electrons. The zero-order chi connectivity index (χ0) is 18.4. The molecule has 2 aromatic carbocycles. The van der Waals surface area contributed by atoms with Crippen LogP contribution >= 0.6 is 0 Å². The number of rotatable bonds is 4. The van der Waals surface area contributed by atoms with Crippen LogP contribution in [0.25, 0.3) is 0 Å². The number of anilines is 1. The van der Waals surface area contributed by atoms with Crippen molar-refractivity contribution in [2.45, 2.75) is 32.9 Å². The Kier molecular flexibility index (Phi) is 5.64. The molecule has 6 nitrogen and oxygen atoms in total. The smallest absolute Gasteiger partial charge is 0.407 e. The molecule has 2 aromatic rings. The summed E-state index contributed by atoms with van der Waals surface area (Å²) in [6.07, 6.45) is -0.488. The molecule has 0 aliphatic heterocycles. The Morgan fingerprint density at radius 2 is 1.76 bits per heavy atom. The monoisotopic (exact) mass is 342 g/mol. The molecule has 25 heavy (non-hydrogen) atoms. The number of amides is 2. The average Bonchev–Trinajstić information content (AvgIpc) is 2.52. The summed E-state index contributed by atoms with van der Waals surface area (Å²) in [5.74, 6) is -0.196. The zero-order valence-corrected chi connectivity index (χ0v) is 14.5. The van der Waals surface area contributed by atoms with E-state index in [-0.39, 0.29) is 11.7 Å². The minimum atomic E-state index is -0.544. The molecule has 0 fully saturated rings. The predicted octanol–water partition coefficient (Wildman–Crippen LogP) is 3.67. The molecule has 0 heterocycles. The maximum absolute atomic E-state index is 12.2. The van der Waals surface area contributed by atoms with Crippen LogP contribution in [0.15, 0.2) is 48.5 Å². The van der Waals surface area contributed by atoms with Crippen LogP contribution < -0.4 is 10.6 Å². The van der Waals surface area contributed by atoms with Gasteiger partial charge < -0.3 is 20.5 Å². The number of alkyl carbamates (subject to hydrolysis) is 1. The Morgan fingerprint density at radius 3 is 2.36 bits per heavy atom. The van der Waals surface area contributed by atoms with Gasteiger partial charge in [-0.25, -0.2) is 4.79 Å². The van der Waals surface area contributed by atoms with Crippen molar-refractivity contribution in [3.05, 3.63) is 59.7 Å². The third-order valence-corrected chi connectivity index (χ3v) is 3.16. The van der Waals surface area contributed by atoms with Gasteiger partial charge in [0.15, 0.2) is 0 Å². The Balaban J connectivity index is 1.91. The van der Waals surface area contributed by atoms with Crippen LogP contribution in [-0.4, -0.2) is 22.7 Å². The molecule has 0 spiro atoms. The molecule has 0 bridgehead atoms. The summed E-state index contributed by atoms with van der Waals surface area (Å²) in [5.41, 5.74) is 1.29. The first-order valence-electron chi connectivity index (χ1n) is 7.89. The van der Waals surface area contributed by atoms with Gasteiger partial charge in [0, 0.05) is 23.9 Å². The van der Waals surface area contributed by atoms with E-state index in [9.17, 15) is 14.7 Å². The number of phenols is 1. The van der Waals surface area contributed by atoms with Crippen LogP contribution in [0.3, 0.4) is 0 Å². The van der Waals surface area contributed by atoms with Crippen LogP contribution in [0.1, 0.15) is 36.7 Å². The number of ether oxygens (including phenoxy) is 1. The number of carbonyl (C=O) groups excluding carboxylic acids is 2. The standard InChI is InChI=1S/C19H22N2O4/c1-19(2,3)25-18(24)20-12-13-7-9-14(10-8-13)17(23)21-15-5-4-6-16(22)11-15/h4-11,22H,12H2,1-3H3,(H,20,24)(H,21,23). The van der Waals surface area contributed by atoms with Crippen LogP contribution in [0.5, 0.6) is 5.75 Å². The Labute approximate surface area is 146 Å². The van der Waals surface area contributed by atoms with Crippen molar-refractivity contribution in [3.63, 3.8) is 0 Å². The van der Waals surface area contributed by atoms with Gasteiger partial charge in [-0.15, -0.1) is 0 Å². The lowest BCUT2D eigenvalue weighted by Crippen LogP contribution is -2.32.